The molecule has 0 unspecified atom stereocenters. The first-order chi connectivity index (χ1) is 12.9. The van der Waals surface area contributed by atoms with Crippen molar-refractivity contribution >= 4 is 11.4 Å². The van der Waals surface area contributed by atoms with Gasteiger partial charge in [-0.15, -0.1) is 0 Å². The second kappa shape index (κ2) is 6.66. The molecule has 4 rings (SSSR count). The van der Waals surface area contributed by atoms with Gasteiger partial charge in [-0.2, -0.15) is 0 Å². The molecule has 3 aromatic rings. The van der Waals surface area contributed by atoms with Crippen molar-refractivity contribution in [3.8, 4) is 0 Å². The summed E-state index contributed by atoms with van der Waals surface area (Å²) in [5.74, 6) is 0.157. The monoisotopic (exact) mass is 352 g/mol. The number of Topliss-reactive ketones (excluding diaryl/α,β-unsaturated/α-hetero) is 1. The van der Waals surface area contributed by atoms with Crippen LogP contribution < -0.4 is 0 Å². The Balaban J connectivity index is 1.78. The van der Waals surface area contributed by atoms with Crippen molar-refractivity contribution in [1.29, 1.82) is 0 Å². The summed E-state index contributed by atoms with van der Waals surface area (Å²) in [5.41, 5.74) is 7.57. The number of fused-ring (bicyclic) bond motifs is 1. The summed E-state index contributed by atoms with van der Waals surface area (Å²) in [4.78, 5) is 13.2. The topological polar surface area (TPSA) is 17.1 Å². The molecule has 0 atom stereocenters. The van der Waals surface area contributed by atoms with Crippen LogP contribution in [-0.2, 0) is 11.8 Å². The number of allylic oxidation sites excluding steroid dienone is 1. The molecule has 27 heavy (non-hydrogen) atoms. The van der Waals surface area contributed by atoms with Crippen LogP contribution in [0.1, 0.15) is 53.4 Å². The number of rotatable bonds is 3. The summed E-state index contributed by atoms with van der Waals surface area (Å²) in [6.07, 6.45) is 0.655. The molecule has 0 saturated heterocycles. The van der Waals surface area contributed by atoms with E-state index in [-0.39, 0.29) is 11.2 Å². The smallest absolute Gasteiger partial charge is 0.190 e. The summed E-state index contributed by atoms with van der Waals surface area (Å²) < 4.78 is 0. The van der Waals surface area contributed by atoms with Crippen LogP contribution in [0, 0.1) is 0 Å². The molecule has 0 amide bonds. The molecule has 1 aliphatic carbocycles. The first-order valence-corrected chi connectivity index (χ1v) is 9.47. The Morgan fingerprint density at radius 3 is 1.93 bits per heavy atom. The van der Waals surface area contributed by atoms with Gasteiger partial charge in [0, 0.05) is 17.6 Å². The van der Waals surface area contributed by atoms with E-state index in [1.165, 1.54) is 11.1 Å². The number of ketones is 1. The van der Waals surface area contributed by atoms with Gasteiger partial charge in [-0.3, -0.25) is 4.79 Å². The molecular formula is C26H24O. The first kappa shape index (κ1) is 17.5. The summed E-state index contributed by atoms with van der Waals surface area (Å²) in [6.45, 7) is 6.65. The fraction of sp³-hybridized carbons (Fsp3) is 0.192. The van der Waals surface area contributed by atoms with Crippen LogP contribution in [0.4, 0.5) is 0 Å². The molecule has 1 nitrogen and oxygen atoms in total. The highest BCUT2D eigenvalue weighted by Gasteiger charge is 2.29. The van der Waals surface area contributed by atoms with Crippen molar-refractivity contribution in [1.82, 2.24) is 0 Å². The van der Waals surface area contributed by atoms with Gasteiger partial charge >= 0.3 is 0 Å². The SMILES string of the molecule is CC(C)(C)c1ccc(CC2=C(c3ccccc3)c3ccccc3C2=O)cc1. The minimum atomic E-state index is 0.131. The van der Waals surface area contributed by atoms with Crippen LogP contribution in [0.2, 0.25) is 0 Å². The van der Waals surface area contributed by atoms with E-state index in [4.69, 9.17) is 0 Å². The average molecular weight is 352 g/mol. The predicted molar refractivity (Wildman–Crippen MR) is 112 cm³/mol. The molecule has 0 aromatic heterocycles. The highest BCUT2D eigenvalue weighted by molar-refractivity contribution is 6.23. The molecule has 1 heteroatoms. The largest absolute Gasteiger partial charge is 0.289 e. The zero-order valence-corrected chi connectivity index (χ0v) is 16.1. The van der Waals surface area contributed by atoms with E-state index in [1.807, 2.05) is 36.4 Å². The third-order valence-corrected chi connectivity index (χ3v) is 5.28. The van der Waals surface area contributed by atoms with Gasteiger partial charge < -0.3 is 0 Å². The van der Waals surface area contributed by atoms with Crippen molar-refractivity contribution in [3.05, 3.63) is 112 Å². The van der Waals surface area contributed by atoms with Gasteiger partial charge in [0.05, 0.1) is 0 Å². The van der Waals surface area contributed by atoms with E-state index in [2.05, 4.69) is 63.2 Å². The number of carbonyl (C=O) groups is 1. The Morgan fingerprint density at radius 1 is 0.704 bits per heavy atom. The van der Waals surface area contributed by atoms with Gasteiger partial charge in [-0.1, -0.05) is 99.6 Å². The maximum atomic E-state index is 13.2. The van der Waals surface area contributed by atoms with Crippen LogP contribution in [0.5, 0.6) is 0 Å². The quantitative estimate of drug-likeness (QED) is 0.546. The van der Waals surface area contributed by atoms with Gasteiger partial charge in [0.2, 0.25) is 0 Å². The standard InChI is InChI=1S/C26H24O/c1-26(2,3)20-15-13-18(14-16-20)17-23-24(19-9-5-4-6-10-19)21-11-7-8-12-22(21)25(23)27/h4-16H,17H2,1-3H3. The van der Waals surface area contributed by atoms with Crippen molar-refractivity contribution in [3.63, 3.8) is 0 Å². The molecule has 134 valence electrons. The Morgan fingerprint density at radius 2 is 1.30 bits per heavy atom. The van der Waals surface area contributed by atoms with Crippen molar-refractivity contribution in [2.75, 3.05) is 0 Å². The van der Waals surface area contributed by atoms with Gasteiger partial charge in [0.1, 0.15) is 0 Å². The lowest BCUT2D eigenvalue weighted by Crippen LogP contribution is -2.11. The van der Waals surface area contributed by atoms with E-state index in [0.29, 0.717) is 6.42 Å². The number of benzene rings is 3. The Hall–Kier alpha value is -2.93. The molecule has 0 N–H and O–H groups in total. The molecular weight excluding hydrogens is 328 g/mol. The van der Waals surface area contributed by atoms with Crippen LogP contribution >= 0.6 is 0 Å². The lowest BCUT2D eigenvalue weighted by Gasteiger charge is -2.19. The Kier molecular flexibility index (Phi) is 4.31. The second-order valence-corrected chi connectivity index (χ2v) is 8.22. The Bertz CT molecular complexity index is 1020. The van der Waals surface area contributed by atoms with Crippen molar-refractivity contribution < 1.29 is 4.79 Å². The molecule has 0 radical (unpaired) electrons. The molecule has 3 aromatic carbocycles. The summed E-state index contributed by atoms with van der Waals surface area (Å²) in [6, 6.07) is 26.9. The summed E-state index contributed by atoms with van der Waals surface area (Å²) >= 11 is 0. The number of hydrogen-bond acceptors (Lipinski definition) is 1. The fourth-order valence-corrected chi connectivity index (χ4v) is 3.77. The zero-order chi connectivity index (χ0) is 19.0. The lowest BCUT2D eigenvalue weighted by molar-refractivity contribution is 0.103. The minimum Gasteiger partial charge on any atom is -0.289 e. The molecule has 0 fully saturated rings. The summed E-state index contributed by atoms with van der Waals surface area (Å²) in [5, 5.41) is 0. The van der Waals surface area contributed by atoms with Crippen LogP contribution in [0.25, 0.3) is 5.57 Å². The fourth-order valence-electron chi connectivity index (χ4n) is 3.77. The average Bonchev–Trinajstić information content (AvgIpc) is 2.94. The lowest BCUT2D eigenvalue weighted by atomic mass is 9.86. The van der Waals surface area contributed by atoms with E-state index in [9.17, 15) is 4.79 Å². The molecule has 0 bridgehead atoms. The van der Waals surface area contributed by atoms with E-state index < -0.39 is 0 Å². The van der Waals surface area contributed by atoms with E-state index in [0.717, 1.165) is 27.8 Å². The van der Waals surface area contributed by atoms with Crippen LogP contribution in [0.15, 0.2) is 84.4 Å². The maximum Gasteiger partial charge on any atom is 0.190 e. The molecule has 0 spiro atoms. The summed E-state index contributed by atoms with van der Waals surface area (Å²) in [7, 11) is 0. The maximum absolute atomic E-state index is 13.2. The zero-order valence-electron chi connectivity index (χ0n) is 16.1. The second-order valence-electron chi connectivity index (χ2n) is 8.22. The highest BCUT2D eigenvalue weighted by atomic mass is 16.1. The van der Waals surface area contributed by atoms with E-state index in [1.54, 1.807) is 0 Å². The molecule has 0 heterocycles. The molecule has 0 aliphatic heterocycles. The van der Waals surface area contributed by atoms with Crippen LogP contribution in [0.3, 0.4) is 0 Å². The molecule has 0 saturated carbocycles. The minimum absolute atomic E-state index is 0.131. The highest BCUT2D eigenvalue weighted by Crippen LogP contribution is 2.38. The number of hydrogen-bond donors (Lipinski definition) is 0. The third-order valence-electron chi connectivity index (χ3n) is 5.28. The third kappa shape index (κ3) is 3.26. The Labute approximate surface area is 161 Å². The normalized spacial score (nSPS) is 13.8. The van der Waals surface area contributed by atoms with Crippen molar-refractivity contribution in [2.45, 2.75) is 32.6 Å². The molecule has 1 aliphatic rings. The van der Waals surface area contributed by atoms with Gasteiger partial charge in [-0.05, 0) is 33.2 Å². The van der Waals surface area contributed by atoms with Gasteiger partial charge in [-0.25, -0.2) is 0 Å². The number of carbonyl (C=O) groups excluding carboxylic acids is 1. The van der Waals surface area contributed by atoms with Crippen LogP contribution in [-0.4, -0.2) is 5.78 Å². The van der Waals surface area contributed by atoms with Gasteiger partial charge in [0.15, 0.2) is 5.78 Å². The van der Waals surface area contributed by atoms with Gasteiger partial charge in [0.25, 0.3) is 0 Å². The van der Waals surface area contributed by atoms with E-state index >= 15 is 0 Å². The predicted octanol–water partition coefficient (Wildman–Crippen LogP) is 6.23. The first-order valence-electron chi connectivity index (χ1n) is 9.47. The van der Waals surface area contributed by atoms with Crippen molar-refractivity contribution in [2.24, 2.45) is 0 Å².